The van der Waals surface area contributed by atoms with Gasteiger partial charge in [-0.15, -0.1) is 12.4 Å². The molecular formula is C18H28ClN3O2. The van der Waals surface area contributed by atoms with E-state index in [0.717, 1.165) is 37.2 Å². The first-order valence-corrected chi connectivity index (χ1v) is 8.38. The molecule has 0 radical (unpaired) electrons. The Hall–Kier alpha value is -1.59. The van der Waals surface area contributed by atoms with Gasteiger partial charge >= 0.3 is 0 Å². The van der Waals surface area contributed by atoms with Crippen LogP contribution in [0.2, 0.25) is 0 Å². The van der Waals surface area contributed by atoms with Gasteiger partial charge in [-0.25, -0.2) is 0 Å². The second-order valence-electron chi connectivity index (χ2n) is 6.60. The monoisotopic (exact) mass is 353 g/mol. The molecule has 1 aliphatic heterocycles. The molecule has 1 fully saturated rings. The topological polar surface area (TPSA) is 70.2 Å². The molecule has 1 atom stereocenters. The zero-order valence-corrected chi connectivity index (χ0v) is 15.5. The molecule has 0 aromatic heterocycles. The van der Waals surface area contributed by atoms with E-state index in [0.29, 0.717) is 17.9 Å². The summed E-state index contributed by atoms with van der Waals surface area (Å²) >= 11 is 0. The Kier molecular flexibility index (Phi) is 8.22. The molecule has 0 aliphatic carbocycles. The van der Waals surface area contributed by atoms with Crippen molar-refractivity contribution >= 4 is 29.9 Å². The number of carbonyl (C=O) groups is 2. The lowest BCUT2D eigenvalue weighted by Gasteiger charge is -2.13. The standard InChI is InChI=1S/C18H27N3O2.ClH/c1-12(2)20-18(23)15-5-6-16(13(3)10-15)21-17(22)7-4-14-8-9-19-11-14;/h5-6,10,12,14,19H,4,7-9,11H2,1-3H3,(H,20,23)(H,21,22);1H. The molecule has 24 heavy (non-hydrogen) atoms. The number of amides is 2. The Labute approximate surface area is 150 Å². The highest BCUT2D eigenvalue weighted by Crippen LogP contribution is 2.19. The molecular weight excluding hydrogens is 326 g/mol. The molecule has 2 rings (SSSR count). The van der Waals surface area contributed by atoms with Crippen LogP contribution in [0.25, 0.3) is 0 Å². The number of anilines is 1. The smallest absolute Gasteiger partial charge is 0.251 e. The molecule has 1 aliphatic rings. The third-order valence-electron chi connectivity index (χ3n) is 4.12. The van der Waals surface area contributed by atoms with Crippen LogP contribution in [0, 0.1) is 12.8 Å². The summed E-state index contributed by atoms with van der Waals surface area (Å²) in [5.74, 6) is 0.568. The minimum absolute atomic E-state index is 0. The molecule has 6 heteroatoms. The summed E-state index contributed by atoms with van der Waals surface area (Å²) in [6.07, 6.45) is 2.63. The molecule has 1 aromatic carbocycles. The van der Waals surface area contributed by atoms with Crippen LogP contribution in [0.1, 0.15) is 49.0 Å². The second kappa shape index (κ2) is 9.64. The number of hydrogen-bond acceptors (Lipinski definition) is 3. The predicted octanol–water partition coefficient (Wildman–Crippen LogP) is 2.88. The van der Waals surface area contributed by atoms with Gasteiger partial charge in [-0.1, -0.05) is 0 Å². The lowest BCUT2D eigenvalue weighted by molar-refractivity contribution is -0.116. The predicted molar refractivity (Wildman–Crippen MR) is 99.9 cm³/mol. The van der Waals surface area contributed by atoms with Gasteiger partial charge in [-0.05, 0) is 76.4 Å². The number of nitrogens with one attached hydrogen (secondary N) is 3. The van der Waals surface area contributed by atoms with E-state index in [-0.39, 0.29) is 30.3 Å². The van der Waals surface area contributed by atoms with E-state index in [1.54, 1.807) is 12.1 Å². The Bertz CT molecular complexity index is 569. The normalized spacial score (nSPS) is 16.6. The van der Waals surface area contributed by atoms with Gasteiger partial charge in [0.05, 0.1) is 0 Å². The Morgan fingerprint density at radius 3 is 2.67 bits per heavy atom. The molecule has 5 nitrogen and oxygen atoms in total. The van der Waals surface area contributed by atoms with Crippen LogP contribution in [0.3, 0.4) is 0 Å². The van der Waals surface area contributed by atoms with Gasteiger partial charge in [-0.3, -0.25) is 9.59 Å². The zero-order valence-electron chi connectivity index (χ0n) is 14.6. The molecule has 1 unspecified atom stereocenters. The largest absolute Gasteiger partial charge is 0.350 e. The summed E-state index contributed by atoms with van der Waals surface area (Å²) in [6, 6.07) is 5.47. The molecule has 0 bridgehead atoms. The van der Waals surface area contributed by atoms with Gasteiger partial charge in [0, 0.05) is 23.7 Å². The van der Waals surface area contributed by atoms with E-state index in [1.807, 2.05) is 26.8 Å². The molecule has 0 spiro atoms. The van der Waals surface area contributed by atoms with Crippen LogP contribution in [-0.2, 0) is 4.79 Å². The lowest BCUT2D eigenvalue weighted by atomic mass is 10.0. The summed E-state index contributed by atoms with van der Waals surface area (Å²) in [5, 5.41) is 9.13. The number of carbonyl (C=O) groups excluding carboxylic acids is 2. The fraction of sp³-hybridized carbons (Fsp3) is 0.556. The van der Waals surface area contributed by atoms with E-state index < -0.39 is 0 Å². The first-order chi connectivity index (χ1) is 11.0. The molecule has 1 aromatic rings. The molecule has 2 amide bonds. The van der Waals surface area contributed by atoms with Crippen molar-refractivity contribution in [1.29, 1.82) is 0 Å². The van der Waals surface area contributed by atoms with Crippen LogP contribution in [0.15, 0.2) is 18.2 Å². The van der Waals surface area contributed by atoms with Crippen molar-refractivity contribution in [3.63, 3.8) is 0 Å². The van der Waals surface area contributed by atoms with Gasteiger partial charge in [0.1, 0.15) is 0 Å². The Morgan fingerprint density at radius 1 is 1.33 bits per heavy atom. The summed E-state index contributed by atoms with van der Waals surface area (Å²) in [5.41, 5.74) is 2.30. The average molecular weight is 354 g/mol. The Balaban J connectivity index is 0.00000288. The first-order valence-electron chi connectivity index (χ1n) is 8.38. The highest BCUT2D eigenvalue weighted by atomic mass is 35.5. The Morgan fingerprint density at radius 2 is 2.08 bits per heavy atom. The quantitative estimate of drug-likeness (QED) is 0.736. The summed E-state index contributed by atoms with van der Waals surface area (Å²) in [7, 11) is 0. The lowest BCUT2D eigenvalue weighted by Crippen LogP contribution is -2.30. The van der Waals surface area contributed by atoms with Crippen LogP contribution in [0.5, 0.6) is 0 Å². The van der Waals surface area contributed by atoms with E-state index in [9.17, 15) is 9.59 Å². The number of rotatable bonds is 6. The van der Waals surface area contributed by atoms with Crippen LogP contribution in [0.4, 0.5) is 5.69 Å². The summed E-state index contributed by atoms with van der Waals surface area (Å²) in [6.45, 7) is 7.85. The van der Waals surface area contributed by atoms with Crippen molar-refractivity contribution in [2.24, 2.45) is 5.92 Å². The second-order valence-corrected chi connectivity index (χ2v) is 6.60. The van der Waals surface area contributed by atoms with Gasteiger partial charge in [0.2, 0.25) is 5.91 Å². The maximum atomic E-state index is 12.1. The SMILES string of the molecule is Cc1cc(C(=O)NC(C)C)ccc1NC(=O)CCC1CCNC1.Cl. The number of halogens is 1. The van der Waals surface area contributed by atoms with Crippen LogP contribution >= 0.6 is 12.4 Å². The fourth-order valence-electron chi connectivity index (χ4n) is 2.80. The summed E-state index contributed by atoms with van der Waals surface area (Å²) < 4.78 is 0. The molecule has 0 saturated carbocycles. The van der Waals surface area contributed by atoms with E-state index in [1.165, 1.54) is 0 Å². The van der Waals surface area contributed by atoms with E-state index in [4.69, 9.17) is 0 Å². The average Bonchev–Trinajstić information content (AvgIpc) is 3.00. The molecule has 1 saturated heterocycles. The molecule has 3 N–H and O–H groups in total. The van der Waals surface area contributed by atoms with Gasteiger partial charge in [0.15, 0.2) is 0 Å². The van der Waals surface area contributed by atoms with Gasteiger partial charge < -0.3 is 16.0 Å². The van der Waals surface area contributed by atoms with E-state index in [2.05, 4.69) is 16.0 Å². The van der Waals surface area contributed by atoms with Gasteiger partial charge in [0.25, 0.3) is 5.91 Å². The van der Waals surface area contributed by atoms with Crippen molar-refractivity contribution in [2.75, 3.05) is 18.4 Å². The van der Waals surface area contributed by atoms with Crippen LogP contribution < -0.4 is 16.0 Å². The maximum Gasteiger partial charge on any atom is 0.251 e. The van der Waals surface area contributed by atoms with Gasteiger partial charge in [-0.2, -0.15) is 0 Å². The minimum atomic E-state index is -0.0882. The van der Waals surface area contributed by atoms with Crippen molar-refractivity contribution < 1.29 is 9.59 Å². The number of hydrogen-bond donors (Lipinski definition) is 3. The third-order valence-corrected chi connectivity index (χ3v) is 4.12. The van der Waals surface area contributed by atoms with Crippen molar-refractivity contribution in [2.45, 2.75) is 46.1 Å². The van der Waals surface area contributed by atoms with Crippen molar-refractivity contribution in [3.8, 4) is 0 Å². The van der Waals surface area contributed by atoms with E-state index >= 15 is 0 Å². The number of benzene rings is 1. The maximum absolute atomic E-state index is 12.1. The molecule has 1 heterocycles. The highest BCUT2D eigenvalue weighted by molar-refractivity contribution is 5.96. The number of aryl methyl sites for hydroxylation is 1. The van der Waals surface area contributed by atoms with Crippen LogP contribution in [-0.4, -0.2) is 30.9 Å². The van der Waals surface area contributed by atoms with Crippen molar-refractivity contribution in [3.05, 3.63) is 29.3 Å². The van der Waals surface area contributed by atoms with Crippen molar-refractivity contribution in [1.82, 2.24) is 10.6 Å². The third kappa shape index (κ3) is 6.13. The molecule has 134 valence electrons. The fourth-order valence-corrected chi connectivity index (χ4v) is 2.80. The first kappa shape index (κ1) is 20.5. The zero-order chi connectivity index (χ0) is 16.8. The minimum Gasteiger partial charge on any atom is -0.350 e. The highest BCUT2D eigenvalue weighted by Gasteiger charge is 2.16. The summed E-state index contributed by atoms with van der Waals surface area (Å²) in [4.78, 5) is 24.1.